The summed E-state index contributed by atoms with van der Waals surface area (Å²) in [6.07, 6.45) is 4.60. The highest BCUT2D eigenvalue weighted by atomic mass is 16.2. The summed E-state index contributed by atoms with van der Waals surface area (Å²) >= 11 is 0. The van der Waals surface area contributed by atoms with E-state index >= 15 is 0 Å². The Morgan fingerprint density at radius 1 is 1.19 bits per heavy atom. The fourth-order valence-corrected chi connectivity index (χ4v) is 2.77. The van der Waals surface area contributed by atoms with Gasteiger partial charge in [0.1, 0.15) is 6.54 Å². The molecule has 2 N–H and O–H groups in total. The van der Waals surface area contributed by atoms with Crippen LogP contribution < -0.4 is 15.5 Å². The van der Waals surface area contributed by atoms with Crippen molar-refractivity contribution in [2.24, 2.45) is 4.99 Å². The number of piperazine rings is 1. The van der Waals surface area contributed by atoms with E-state index in [4.69, 9.17) is 0 Å². The number of guanidine groups is 1. The minimum Gasteiger partial charge on any atom is -0.357 e. The highest BCUT2D eigenvalue weighted by molar-refractivity contribution is 5.84. The number of aromatic nitrogens is 2. The van der Waals surface area contributed by atoms with Gasteiger partial charge in [-0.1, -0.05) is 0 Å². The van der Waals surface area contributed by atoms with Crippen molar-refractivity contribution in [3.05, 3.63) is 18.5 Å². The molecule has 0 aromatic carbocycles. The van der Waals surface area contributed by atoms with Gasteiger partial charge in [-0.2, -0.15) is 0 Å². The molecule has 2 rings (SSSR count). The second-order valence-electron chi connectivity index (χ2n) is 6.64. The molecule has 27 heavy (non-hydrogen) atoms. The smallest absolute Gasteiger partial charge is 0.243 e. The first kappa shape index (κ1) is 20.9. The quantitative estimate of drug-likeness (QED) is 0.364. The highest BCUT2D eigenvalue weighted by Gasteiger charge is 2.18. The van der Waals surface area contributed by atoms with Gasteiger partial charge in [0.25, 0.3) is 0 Å². The van der Waals surface area contributed by atoms with E-state index in [1.807, 2.05) is 13.0 Å². The molecular formula is C18H32N8O. The van der Waals surface area contributed by atoms with Crippen LogP contribution in [-0.2, 0) is 4.79 Å². The number of carbonyl (C=O) groups excluding carboxylic acids is 1. The third kappa shape index (κ3) is 7.38. The number of nitrogens with one attached hydrogen (secondary N) is 2. The molecule has 0 aliphatic carbocycles. The molecule has 1 amide bonds. The molecule has 1 saturated heterocycles. The van der Waals surface area contributed by atoms with Gasteiger partial charge in [-0.05, 0) is 26.0 Å². The molecule has 2 heterocycles. The minimum atomic E-state index is -0.00697. The fourth-order valence-electron chi connectivity index (χ4n) is 2.77. The number of likely N-dealkylation sites (N-methyl/N-ethyl adjacent to an activating group) is 1. The van der Waals surface area contributed by atoms with Gasteiger partial charge in [0, 0.05) is 65.8 Å². The molecule has 0 atom stereocenters. The minimum absolute atomic E-state index is 0.00697. The van der Waals surface area contributed by atoms with Crippen LogP contribution >= 0.6 is 0 Å². The Hall–Kier alpha value is -2.42. The summed E-state index contributed by atoms with van der Waals surface area (Å²) in [6, 6.07) is 1.84. The van der Waals surface area contributed by atoms with Crippen LogP contribution in [-0.4, -0.2) is 98.1 Å². The van der Waals surface area contributed by atoms with E-state index in [2.05, 4.69) is 35.4 Å². The molecule has 0 radical (unpaired) electrons. The van der Waals surface area contributed by atoms with Gasteiger partial charge in [0.15, 0.2) is 5.96 Å². The monoisotopic (exact) mass is 376 g/mol. The molecule has 0 bridgehead atoms. The van der Waals surface area contributed by atoms with Crippen LogP contribution in [0.4, 0.5) is 5.95 Å². The van der Waals surface area contributed by atoms with Crippen LogP contribution in [0.1, 0.15) is 13.3 Å². The zero-order chi connectivity index (χ0) is 19.5. The van der Waals surface area contributed by atoms with Crippen molar-refractivity contribution < 1.29 is 4.79 Å². The van der Waals surface area contributed by atoms with Crippen molar-refractivity contribution in [1.29, 1.82) is 0 Å². The largest absolute Gasteiger partial charge is 0.357 e. The van der Waals surface area contributed by atoms with Crippen LogP contribution in [0.5, 0.6) is 0 Å². The van der Waals surface area contributed by atoms with Gasteiger partial charge in [-0.3, -0.25) is 9.69 Å². The molecule has 9 heteroatoms. The SMILES string of the molecule is CCNC(=NCC(=O)N(C)C)NCCCN1CCN(c2ncccn2)CC1. The third-order valence-corrected chi connectivity index (χ3v) is 4.37. The van der Waals surface area contributed by atoms with E-state index in [1.54, 1.807) is 31.4 Å². The molecule has 0 unspecified atom stereocenters. The Balaban J connectivity index is 1.65. The van der Waals surface area contributed by atoms with E-state index in [0.717, 1.165) is 58.2 Å². The van der Waals surface area contributed by atoms with Crippen molar-refractivity contribution in [3.8, 4) is 0 Å². The number of anilines is 1. The van der Waals surface area contributed by atoms with Crippen LogP contribution in [0.25, 0.3) is 0 Å². The average Bonchev–Trinajstić information content (AvgIpc) is 2.70. The Kier molecular flexibility index (Phi) is 8.76. The first-order valence-electron chi connectivity index (χ1n) is 9.56. The maximum atomic E-state index is 11.7. The van der Waals surface area contributed by atoms with Crippen molar-refractivity contribution in [1.82, 2.24) is 30.4 Å². The molecule has 1 aliphatic heterocycles. The number of rotatable bonds is 8. The predicted octanol–water partition coefficient (Wildman–Crippen LogP) is -0.368. The summed E-state index contributed by atoms with van der Waals surface area (Å²) in [4.78, 5) is 30.9. The molecule has 1 fully saturated rings. The van der Waals surface area contributed by atoms with E-state index in [1.165, 1.54) is 0 Å². The van der Waals surface area contributed by atoms with E-state index < -0.39 is 0 Å². The topological polar surface area (TPSA) is 89.0 Å². The first-order valence-corrected chi connectivity index (χ1v) is 9.56. The number of carbonyl (C=O) groups is 1. The van der Waals surface area contributed by atoms with Gasteiger partial charge >= 0.3 is 0 Å². The lowest BCUT2D eigenvalue weighted by molar-refractivity contribution is -0.127. The molecule has 9 nitrogen and oxygen atoms in total. The number of amides is 1. The highest BCUT2D eigenvalue weighted by Crippen LogP contribution is 2.09. The molecular weight excluding hydrogens is 344 g/mol. The van der Waals surface area contributed by atoms with Crippen molar-refractivity contribution in [3.63, 3.8) is 0 Å². The number of nitrogens with zero attached hydrogens (tertiary/aromatic N) is 6. The normalized spacial score (nSPS) is 15.5. The predicted molar refractivity (Wildman–Crippen MR) is 108 cm³/mol. The van der Waals surface area contributed by atoms with Crippen molar-refractivity contribution >= 4 is 17.8 Å². The Labute approximate surface area is 161 Å². The number of hydrogen-bond acceptors (Lipinski definition) is 6. The van der Waals surface area contributed by atoms with Crippen LogP contribution in [0, 0.1) is 0 Å². The molecule has 1 aromatic rings. The zero-order valence-corrected chi connectivity index (χ0v) is 16.7. The molecule has 150 valence electrons. The average molecular weight is 377 g/mol. The van der Waals surface area contributed by atoms with Crippen molar-refractivity contribution in [2.45, 2.75) is 13.3 Å². The summed E-state index contributed by atoms with van der Waals surface area (Å²) in [7, 11) is 3.48. The van der Waals surface area contributed by atoms with Crippen LogP contribution in [0.3, 0.4) is 0 Å². The van der Waals surface area contributed by atoms with Crippen LogP contribution in [0.2, 0.25) is 0 Å². The zero-order valence-electron chi connectivity index (χ0n) is 16.7. The molecule has 0 spiro atoms. The second-order valence-corrected chi connectivity index (χ2v) is 6.64. The summed E-state index contributed by atoms with van der Waals surface area (Å²) in [5, 5.41) is 6.47. The lowest BCUT2D eigenvalue weighted by Gasteiger charge is -2.34. The standard InChI is InChI=1S/C18H32N8O/c1-4-19-17(23-15-16(27)24(2)3)20-9-6-10-25-11-13-26(14-12-25)18-21-7-5-8-22-18/h5,7-8H,4,6,9-15H2,1-3H3,(H2,19,20,23). The van der Waals surface area contributed by atoms with Gasteiger partial charge in [-0.15, -0.1) is 0 Å². The summed E-state index contributed by atoms with van der Waals surface area (Å²) in [6.45, 7) is 8.74. The lowest BCUT2D eigenvalue weighted by atomic mass is 10.3. The number of hydrogen-bond donors (Lipinski definition) is 2. The summed E-state index contributed by atoms with van der Waals surface area (Å²) < 4.78 is 0. The van der Waals surface area contributed by atoms with E-state index in [-0.39, 0.29) is 12.5 Å². The summed E-state index contributed by atoms with van der Waals surface area (Å²) in [5.74, 6) is 1.50. The Bertz CT molecular complexity index is 584. The Morgan fingerprint density at radius 3 is 2.52 bits per heavy atom. The Morgan fingerprint density at radius 2 is 1.89 bits per heavy atom. The molecule has 0 saturated carbocycles. The van der Waals surface area contributed by atoms with Crippen LogP contribution in [0.15, 0.2) is 23.5 Å². The summed E-state index contributed by atoms with van der Waals surface area (Å²) in [5.41, 5.74) is 0. The van der Waals surface area contributed by atoms with Crippen molar-refractivity contribution in [2.75, 3.05) is 71.4 Å². The maximum Gasteiger partial charge on any atom is 0.243 e. The maximum absolute atomic E-state index is 11.7. The van der Waals surface area contributed by atoms with Gasteiger partial charge in [0.05, 0.1) is 0 Å². The van der Waals surface area contributed by atoms with Gasteiger partial charge in [-0.25, -0.2) is 15.0 Å². The van der Waals surface area contributed by atoms with E-state index in [0.29, 0.717) is 5.96 Å². The molecule has 1 aromatic heterocycles. The molecule has 1 aliphatic rings. The van der Waals surface area contributed by atoms with Gasteiger partial charge < -0.3 is 20.4 Å². The third-order valence-electron chi connectivity index (χ3n) is 4.37. The second kappa shape index (κ2) is 11.3. The fraction of sp³-hybridized carbons (Fsp3) is 0.667. The first-order chi connectivity index (χ1) is 13.1. The lowest BCUT2D eigenvalue weighted by Crippen LogP contribution is -2.47. The van der Waals surface area contributed by atoms with E-state index in [9.17, 15) is 4.79 Å². The van der Waals surface area contributed by atoms with Gasteiger partial charge in [0.2, 0.25) is 11.9 Å². The number of aliphatic imine (C=N–C) groups is 1.